The largest absolute Gasteiger partial charge is 0.508 e. The molecule has 0 aliphatic heterocycles. The SMILES string of the molecule is CCCCCCCCC(CCCCCCCC)OC(=O)CCCCCCCN(CCO)CCCCOC(=O)OCCCCCCCC(F)(F)F. The number of carbonyl (C=O) groups is 2. The van der Waals surface area contributed by atoms with Gasteiger partial charge in [0.2, 0.25) is 0 Å². The molecule has 0 saturated heterocycles. The summed E-state index contributed by atoms with van der Waals surface area (Å²) in [5.41, 5.74) is 0. The van der Waals surface area contributed by atoms with Crippen LogP contribution in [0.25, 0.3) is 0 Å². The number of carbonyl (C=O) groups excluding carboxylic acids is 2. The highest BCUT2D eigenvalue weighted by Crippen LogP contribution is 2.23. The predicted octanol–water partition coefficient (Wildman–Crippen LogP) is 11.9. The molecular weight excluding hydrogens is 647 g/mol. The third-order valence-electron chi connectivity index (χ3n) is 9.24. The van der Waals surface area contributed by atoms with Crippen LogP contribution in [0.2, 0.25) is 0 Å². The van der Waals surface area contributed by atoms with E-state index in [0.29, 0.717) is 38.6 Å². The summed E-state index contributed by atoms with van der Waals surface area (Å²) in [7, 11) is 0. The van der Waals surface area contributed by atoms with Crippen molar-refractivity contribution < 1.29 is 42.1 Å². The Hall–Kier alpha value is -1.55. The maximum Gasteiger partial charge on any atom is 0.508 e. The first-order valence-corrected chi connectivity index (χ1v) is 20.6. The van der Waals surface area contributed by atoms with E-state index < -0.39 is 18.8 Å². The zero-order valence-electron chi connectivity index (χ0n) is 32.2. The molecule has 0 amide bonds. The summed E-state index contributed by atoms with van der Waals surface area (Å²) < 4.78 is 52.5. The van der Waals surface area contributed by atoms with E-state index in [4.69, 9.17) is 14.2 Å². The molecule has 0 atom stereocenters. The minimum absolute atomic E-state index is 0.0327. The van der Waals surface area contributed by atoms with Crippen molar-refractivity contribution in [2.45, 2.75) is 206 Å². The van der Waals surface area contributed by atoms with Crippen molar-refractivity contribution in [2.75, 3.05) is 39.5 Å². The van der Waals surface area contributed by atoms with Gasteiger partial charge in [-0.25, -0.2) is 4.79 Å². The molecule has 298 valence electrons. The van der Waals surface area contributed by atoms with Gasteiger partial charge in [0.15, 0.2) is 0 Å². The summed E-state index contributed by atoms with van der Waals surface area (Å²) in [4.78, 5) is 26.6. The molecule has 0 radical (unpaired) electrons. The lowest BCUT2D eigenvalue weighted by Gasteiger charge is -2.21. The van der Waals surface area contributed by atoms with Gasteiger partial charge in [0, 0.05) is 19.4 Å². The quantitative estimate of drug-likeness (QED) is 0.0504. The number of aliphatic hydroxyl groups excluding tert-OH is 1. The topological polar surface area (TPSA) is 85.3 Å². The monoisotopic (exact) mass is 724 g/mol. The maximum absolute atomic E-state index is 12.6. The molecule has 10 heteroatoms. The van der Waals surface area contributed by atoms with Crippen molar-refractivity contribution in [2.24, 2.45) is 0 Å². The standard InChI is InChI=1S/C40H76F3NO6/c1-3-5-7-9-13-19-27-37(28-20-14-10-8-6-4-2)50-38(46)29-21-15-11-17-23-31-44(33-34-45)32-24-26-36-49-39(47)48-35-25-18-12-16-22-30-40(41,42)43/h37,45H,3-36H2,1-2H3. The fraction of sp³-hybridized carbons (Fsp3) is 0.950. The van der Waals surface area contributed by atoms with Gasteiger partial charge in [-0.05, 0) is 77.3 Å². The van der Waals surface area contributed by atoms with Crippen LogP contribution in [0.15, 0.2) is 0 Å². The minimum atomic E-state index is -4.09. The normalized spacial score (nSPS) is 11.8. The van der Waals surface area contributed by atoms with Crippen LogP contribution >= 0.6 is 0 Å². The van der Waals surface area contributed by atoms with Crippen molar-refractivity contribution in [3.8, 4) is 0 Å². The van der Waals surface area contributed by atoms with Gasteiger partial charge in [-0.2, -0.15) is 13.2 Å². The summed E-state index contributed by atoms with van der Waals surface area (Å²) in [5.74, 6) is -0.0327. The van der Waals surface area contributed by atoms with E-state index in [-0.39, 0.29) is 38.3 Å². The summed E-state index contributed by atoms with van der Waals surface area (Å²) in [6.07, 6.45) is 21.4. The Morgan fingerprint density at radius 3 is 1.56 bits per heavy atom. The first kappa shape index (κ1) is 48.5. The lowest BCUT2D eigenvalue weighted by Crippen LogP contribution is -2.29. The molecule has 0 aromatic rings. The van der Waals surface area contributed by atoms with Gasteiger partial charge in [-0.15, -0.1) is 0 Å². The Bertz CT molecular complexity index is 739. The molecule has 0 fully saturated rings. The highest BCUT2D eigenvalue weighted by Gasteiger charge is 2.25. The van der Waals surface area contributed by atoms with Crippen LogP contribution in [-0.4, -0.2) is 73.9 Å². The van der Waals surface area contributed by atoms with Crippen molar-refractivity contribution in [1.82, 2.24) is 4.90 Å². The number of esters is 1. The summed E-state index contributed by atoms with van der Waals surface area (Å²) in [5, 5.41) is 9.46. The highest BCUT2D eigenvalue weighted by atomic mass is 19.4. The molecule has 0 spiro atoms. The van der Waals surface area contributed by atoms with Crippen LogP contribution in [0.1, 0.15) is 194 Å². The first-order chi connectivity index (χ1) is 24.2. The van der Waals surface area contributed by atoms with Crippen molar-refractivity contribution in [3.05, 3.63) is 0 Å². The molecule has 0 aromatic carbocycles. The molecule has 0 unspecified atom stereocenters. The second-order valence-corrected chi connectivity index (χ2v) is 14.1. The Balaban J connectivity index is 3.98. The molecule has 7 nitrogen and oxygen atoms in total. The number of halogens is 3. The van der Waals surface area contributed by atoms with Crippen molar-refractivity contribution >= 4 is 12.1 Å². The zero-order valence-corrected chi connectivity index (χ0v) is 32.2. The maximum atomic E-state index is 12.6. The molecule has 0 heterocycles. The van der Waals surface area contributed by atoms with Gasteiger partial charge < -0.3 is 24.2 Å². The molecular formula is C40H76F3NO6. The Labute approximate surface area is 304 Å². The van der Waals surface area contributed by atoms with Gasteiger partial charge in [0.25, 0.3) is 0 Å². The van der Waals surface area contributed by atoms with E-state index in [1.165, 1.54) is 64.2 Å². The number of hydrogen-bond acceptors (Lipinski definition) is 7. The van der Waals surface area contributed by atoms with Gasteiger partial charge in [0.05, 0.1) is 19.8 Å². The van der Waals surface area contributed by atoms with E-state index in [9.17, 15) is 27.9 Å². The van der Waals surface area contributed by atoms with Gasteiger partial charge >= 0.3 is 18.3 Å². The fourth-order valence-electron chi connectivity index (χ4n) is 6.17. The van der Waals surface area contributed by atoms with Crippen molar-refractivity contribution in [3.63, 3.8) is 0 Å². The molecule has 0 bridgehead atoms. The van der Waals surface area contributed by atoms with E-state index in [1.54, 1.807) is 0 Å². The van der Waals surface area contributed by atoms with Crippen LogP contribution in [0.5, 0.6) is 0 Å². The molecule has 50 heavy (non-hydrogen) atoms. The number of aliphatic hydroxyl groups is 1. The van der Waals surface area contributed by atoms with Gasteiger partial charge in [-0.1, -0.05) is 117 Å². The van der Waals surface area contributed by atoms with Crippen LogP contribution in [-0.2, 0) is 19.0 Å². The van der Waals surface area contributed by atoms with Crippen LogP contribution in [0.3, 0.4) is 0 Å². The number of nitrogens with zero attached hydrogens (tertiary/aromatic N) is 1. The minimum Gasteiger partial charge on any atom is -0.462 e. The second-order valence-electron chi connectivity index (χ2n) is 14.1. The van der Waals surface area contributed by atoms with Crippen LogP contribution in [0.4, 0.5) is 18.0 Å². The molecule has 0 aromatic heterocycles. The predicted molar refractivity (Wildman–Crippen MR) is 197 cm³/mol. The van der Waals surface area contributed by atoms with E-state index in [0.717, 1.165) is 83.7 Å². The summed E-state index contributed by atoms with van der Waals surface area (Å²) in [6.45, 7) is 7.40. The third-order valence-corrected chi connectivity index (χ3v) is 9.24. The van der Waals surface area contributed by atoms with Gasteiger partial charge in [-0.3, -0.25) is 4.79 Å². The van der Waals surface area contributed by atoms with Crippen LogP contribution in [0, 0.1) is 0 Å². The third kappa shape index (κ3) is 36.2. The van der Waals surface area contributed by atoms with E-state index in [2.05, 4.69) is 18.7 Å². The van der Waals surface area contributed by atoms with Crippen molar-refractivity contribution in [1.29, 1.82) is 0 Å². The zero-order chi connectivity index (χ0) is 37.0. The molecule has 0 aliphatic carbocycles. The lowest BCUT2D eigenvalue weighted by atomic mass is 10.0. The number of alkyl halides is 3. The molecule has 1 N–H and O–H groups in total. The number of hydrogen-bond donors (Lipinski definition) is 1. The van der Waals surface area contributed by atoms with E-state index >= 15 is 0 Å². The fourth-order valence-corrected chi connectivity index (χ4v) is 6.17. The Kier molecular flexibility index (Phi) is 34.7. The number of ether oxygens (including phenoxy) is 3. The smallest absolute Gasteiger partial charge is 0.462 e. The first-order valence-electron chi connectivity index (χ1n) is 20.6. The Morgan fingerprint density at radius 2 is 1.02 bits per heavy atom. The Morgan fingerprint density at radius 1 is 0.580 bits per heavy atom. The van der Waals surface area contributed by atoms with Gasteiger partial charge in [0.1, 0.15) is 6.10 Å². The summed E-state index contributed by atoms with van der Waals surface area (Å²) >= 11 is 0. The number of rotatable bonds is 37. The highest BCUT2D eigenvalue weighted by molar-refractivity contribution is 5.69. The molecule has 0 saturated carbocycles. The lowest BCUT2D eigenvalue weighted by molar-refractivity contribution is -0.150. The second kappa shape index (κ2) is 35.8. The summed E-state index contributed by atoms with van der Waals surface area (Å²) in [6, 6.07) is 0. The van der Waals surface area contributed by atoms with E-state index in [1.807, 2.05) is 0 Å². The van der Waals surface area contributed by atoms with Crippen LogP contribution < -0.4 is 0 Å². The average molecular weight is 724 g/mol. The molecule has 0 rings (SSSR count). The molecule has 0 aliphatic rings. The average Bonchev–Trinajstić information content (AvgIpc) is 3.07. The number of unbranched alkanes of at least 4 members (excludes halogenated alkanes) is 19.